The molecule has 0 unspecified atom stereocenters. The first-order valence-electron chi connectivity index (χ1n) is 7.47. The third-order valence-electron chi connectivity index (χ3n) is 3.12. The van der Waals surface area contributed by atoms with Gasteiger partial charge in [-0.1, -0.05) is 29.4 Å². The lowest BCUT2D eigenvalue weighted by atomic mass is 10.1. The van der Waals surface area contributed by atoms with Crippen molar-refractivity contribution in [3.63, 3.8) is 0 Å². The molecule has 0 amide bonds. The highest BCUT2D eigenvalue weighted by Crippen LogP contribution is 2.16. The van der Waals surface area contributed by atoms with E-state index in [1.54, 1.807) is 12.1 Å². The zero-order valence-electron chi connectivity index (χ0n) is 13.8. The lowest BCUT2D eigenvalue weighted by molar-refractivity contribution is -0.384. The molecule has 0 aliphatic rings. The van der Waals surface area contributed by atoms with Gasteiger partial charge < -0.3 is 10.6 Å². The maximum Gasteiger partial charge on any atom is 0.271 e. The second-order valence-electron chi connectivity index (χ2n) is 5.51. The van der Waals surface area contributed by atoms with Gasteiger partial charge in [0.05, 0.1) is 4.92 Å². The number of anilines is 1. The Morgan fingerprint density at radius 3 is 2.70 bits per heavy atom. The third-order valence-corrected chi connectivity index (χ3v) is 3.37. The van der Waals surface area contributed by atoms with Gasteiger partial charge >= 0.3 is 0 Å². The minimum absolute atomic E-state index is 0.0350. The van der Waals surface area contributed by atoms with E-state index in [-0.39, 0.29) is 5.69 Å². The van der Waals surface area contributed by atoms with Crippen LogP contribution in [-0.2, 0) is 0 Å². The first-order chi connectivity index (χ1) is 10.9. The minimum atomic E-state index is -0.430. The molecule has 0 fully saturated rings. The van der Waals surface area contributed by atoms with E-state index in [0.717, 1.165) is 12.8 Å². The SMILES string of the molecule is CC(C)=CCC/C(C)=C/CNC(=S)Nc1cccc([N+](=O)[O-])c1. The number of nitrogens with zero attached hydrogens (tertiary/aromatic N) is 1. The highest BCUT2D eigenvalue weighted by molar-refractivity contribution is 7.80. The predicted octanol–water partition coefficient (Wildman–Crippen LogP) is 4.57. The summed E-state index contributed by atoms with van der Waals surface area (Å²) < 4.78 is 0. The van der Waals surface area contributed by atoms with Gasteiger partial charge in [-0.25, -0.2) is 0 Å². The topological polar surface area (TPSA) is 67.2 Å². The Balaban J connectivity index is 2.41. The van der Waals surface area contributed by atoms with Crippen LogP contribution in [0.25, 0.3) is 0 Å². The first-order valence-corrected chi connectivity index (χ1v) is 7.87. The fraction of sp³-hybridized carbons (Fsp3) is 0.353. The Morgan fingerprint density at radius 2 is 2.04 bits per heavy atom. The number of nitro groups is 1. The molecular formula is C17H23N3O2S. The van der Waals surface area contributed by atoms with Gasteiger partial charge in [-0.05, 0) is 51.9 Å². The third kappa shape index (κ3) is 8.11. The van der Waals surface area contributed by atoms with Crippen molar-refractivity contribution in [2.75, 3.05) is 11.9 Å². The standard InChI is InChI=1S/C17H23N3O2S/c1-13(2)6-4-7-14(3)10-11-18-17(23)19-15-8-5-9-16(12-15)20(21)22/h5-6,8-10,12H,4,7,11H2,1-3H3,(H2,18,19,23)/b14-10+. The largest absolute Gasteiger partial charge is 0.359 e. The van der Waals surface area contributed by atoms with Crippen molar-refractivity contribution >= 4 is 28.7 Å². The molecule has 0 aliphatic carbocycles. The molecule has 0 aliphatic heterocycles. The Labute approximate surface area is 142 Å². The molecule has 23 heavy (non-hydrogen) atoms. The fourth-order valence-corrected chi connectivity index (χ4v) is 2.08. The van der Waals surface area contributed by atoms with Crippen LogP contribution < -0.4 is 10.6 Å². The summed E-state index contributed by atoms with van der Waals surface area (Å²) >= 11 is 5.19. The van der Waals surface area contributed by atoms with Crippen LogP contribution in [-0.4, -0.2) is 16.6 Å². The number of benzene rings is 1. The summed E-state index contributed by atoms with van der Waals surface area (Å²) in [6.07, 6.45) is 6.39. The van der Waals surface area contributed by atoms with Crippen molar-refractivity contribution in [1.29, 1.82) is 0 Å². The van der Waals surface area contributed by atoms with Crippen molar-refractivity contribution < 1.29 is 4.92 Å². The maximum absolute atomic E-state index is 10.7. The molecule has 0 radical (unpaired) electrons. The number of nitro benzene ring substituents is 1. The highest BCUT2D eigenvalue weighted by Gasteiger charge is 2.06. The molecule has 124 valence electrons. The van der Waals surface area contributed by atoms with Crippen LogP contribution in [0, 0.1) is 10.1 Å². The van der Waals surface area contributed by atoms with E-state index in [2.05, 4.69) is 43.6 Å². The summed E-state index contributed by atoms with van der Waals surface area (Å²) in [7, 11) is 0. The summed E-state index contributed by atoms with van der Waals surface area (Å²) in [5.41, 5.74) is 3.26. The average Bonchev–Trinajstić information content (AvgIpc) is 2.47. The van der Waals surface area contributed by atoms with Crippen molar-refractivity contribution in [2.24, 2.45) is 0 Å². The molecule has 6 heteroatoms. The Hall–Kier alpha value is -2.21. The number of nitrogens with one attached hydrogen (secondary N) is 2. The number of hydrogen-bond donors (Lipinski definition) is 2. The van der Waals surface area contributed by atoms with Gasteiger partial charge in [0.25, 0.3) is 5.69 Å². The van der Waals surface area contributed by atoms with Crippen molar-refractivity contribution in [3.05, 3.63) is 57.7 Å². The number of allylic oxidation sites excluding steroid dienone is 3. The lowest BCUT2D eigenvalue weighted by Gasteiger charge is -2.09. The van der Waals surface area contributed by atoms with E-state index in [0.29, 0.717) is 17.3 Å². The second kappa shape index (κ2) is 9.74. The van der Waals surface area contributed by atoms with Crippen LogP contribution in [0.2, 0.25) is 0 Å². The number of rotatable bonds is 7. The minimum Gasteiger partial charge on any atom is -0.359 e. The Morgan fingerprint density at radius 1 is 1.30 bits per heavy atom. The zero-order valence-corrected chi connectivity index (χ0v) is 14.6. The van der Waals surface area contributed by atoms with E-state index < -0.39 is 4.92 Å². The molecule has 0 aromatic heterocycles. The molecule has 1 rings (SSSR count). The van der Waals surface area contributed by atoms with Gasteiger partial charge in [0.2, 0.25) is 0 Å². The molecule has 2 N–H and O–H groups in total. The molecule has 0 saturated heterocycles. The van der Waals surface area contributed by atoms with Gasteiger partial charge in [-0.3, -0.25) is 10.1 Å². The van der Waals surface area contributed by atoms with E-state index in [1.807, 2.05) is 0 Å². The zero-order chi connectivity index (χ0) is 17.2. The molecule has 0 heterocycles. The van der Waals surface area contributed by atoms with Crippen LogP contribution in [0.4, 0.5) is 11.4 Å². The molecule has 0 atom stereocenters. The van der Waals surface area contributed by atoms with Gasteiger partial charge in [-0.15, -0.1) is 0 Å². The molecule has 0 bridgehead atoms. The normalized spacial score (nSPS) is 10.8. The van der Waals surface area contributed by atoms with E-state index in [4.69, 9.17) is 12.2 Å². The van der Waals surface area contributed by atoms with Crippen LogP contribution >= 0.6 is 12.2 Å². The van der Waals surface area contributed by atoms with Crippen molar-refractivity contribution in [3.8, 4) is 0 Å². The summed E-state index contributed by atoms with van der Waals surface area (Å²) in [5.74, 6) is 0. The van der Waals surface area contributed by atoms with Crippen molar-refractivity contribution in [2.45, 2.75) is 33.6 Å². The maximum atomic E-state index is 10.7. The lowest BCUT2D eigenvalue weighted by Crippen LogP contribution is -2.28. The Kier molecular flexibility index (Phi) is 7.97. The molecule has 1 aromatic rings. The summed E-state index contributed by atoms with van der Waals surface area (Å²) in [5, 5.41) is 17.2. The van der Waals surface area contributed by atoms with Crippen LogP contribution in [0.3, 0.4) is 0 Å². The van der Waals surface area contributed by atoms with Gasteiger partial charge in [-0.2, -0.15) is 0 Å². The van der Waals surface area contributed by atoms with E-state index in [1.165, 1.54) is 23.3 Å². The monoisotopic (exact) mass is 333 g/mol. The molecule has 1 aromatic carbocycles. The van der Waals surface area contributed by atoms with Crippen molar-refractivity contribution in [1.82, 2.24) is 5.32 Å². The van der Waals surface area contributed by atoms with Crippen LogP contribution in [0.5, 0.6) is 0 Å². The highest BCUT2D eigenvalue weighted by atomic mass is 32.1. The average molecular weight is 333 g/mol. The fourth-order valence-electron chi connectivity index (χ4n) is 1.88. The van der Waals surface area contributed by atoms with E-state index in [9.17, 15) is 10.1 Å². The predicted molar refractivity (Wildman–Crippen MR) is 99.7 cm³/mol. The molecule has 5 nitrogen and oxygen atoms in total. The second-order valence-corrected chi connectivity index (χ2v) is 5.92. The smallest absolute Gasteiger partial charge is 0.271 e. The molecule has 0 spiro atoms. The summed E-state index contributed by atoms with van der Waals surface area (Å²) in [4.78, 5) is 10.3. The summed E-state index contributed by atoms with van der Waals surface area (Å²) in [6.45, 7) is 6.91. The van der Waals surface area contributed by atoms with E-state index >= 15 is 0 Å². The quantitative estimate of drug-likeness (QED) is 0.331. The molecular weight excluding hydrogens is 310 g/mol. The Bertz CT molecular complexity index is 620. The van der Waals surface area contributed by atoms with Gasteiger partial charge in [0.1, 0.15) is 0 Å². The molecule has 0 saturated carbocycles. The summed E-state index contributed by atoms with van der Waals surface area (Å²) in [6, 6.07) is 6.26. The first kappa shape index (κ1) is 18.8. The van der Waals surface area contributed by atoms with Crippen LogP contribution in [0.15, 0.2) is 47.6 Å². The van der Waals surface area contributed by atoms with Gasteiger partial charge in [0, 0.05) is 24.4 Å². The van der Waals surface area contributed by atoms with Crippen LogP contribution in [0.1, 0.15) is 33.6 Å². The number of hydrogen-bond acceptors (Lipinski definition) is 3. The van der Waals surface area contributed by atoms with Gasteiger partial charge in [0.15, 0.2) is 5.11 Å². The number of thiocarbonyl (C=S) groups is 1. The number of non-ortho nitro benzene ring substituents is 1.